The van der Waals surface area contributed by atoms with E-state index in [1.807, 2.05) is 11.8 Å². The van der Waals surface area contributed by atoms with Gasteiger partial charge in [0.25, 0.3) is 0 Å². The van der Waals surface area contributed by atoms with Gasteiger partial charge < -0.3 is 10.1 Å². The van der Waals surface area contributed by atoms with Crippen LogP contribution in [0, 0.1) is 0 Å². The summed E-state index contributed by atoms with van der Waals surface area (Å²) in [4.78, 5) is 14.1. The Morgan fingerprint density at radius 2 is 1.89 bits per heavy atom. The van der Waals surface area contributed by atoms with Crippen LogP contribution >= 0.6 is 11.8 Å². The van der Waals surface area contributed by atoms with E-state index in [0.29, 0.717) is 6.54 Å². The maximum atomic E-state index is 12.0. The Kier molecular flexibility index (Phi) is 7.80. The summed E-state index contributed by atoms with van der Waals surface area (Å²) in [5, 5.41) is 3.12. The van der Waals surface area contributed by atoms with Crippen molar-refractivity contribution in [1.29, 1.82) is 0 Å². The molecule has 1 saturated heterocycles. The fourth-order valence-electron chi connectivity index (χ4n) is 2.39. The van der Waals surface area contributed by atoms with Crippen LogP contribution in [0.25, 0.3) is 0 Å². The molecule has 1 heterocycles. The molecule has 1 fully saturated rings. The van der Waals surface area contributed by atoms with Gasteiger partial charge in [0.05, 0.1) is 6.54 Å². The van der Waals surface area contributed by atoms with Crippen LogP contribution in [0.5, 0.6) is 0 Å². The van der Waals surface area contributed by atoms with E-state index < -0.39 is 0 Å². The number of carbonyl (C=O) groups is 1. The largest absolute Gasteiger partial charge is 0.381 e. The van der Waals surface area contributed by atoms with Crippen LogP contribution in [0.2, 0.25) is 0 Å². The van der Waals surface area contributed by atoms with Crippen molar-refractivity contribution in [2.45, 2.75) is 38.4 Å². The number of rotatable bonds is 8. The summed E-state index contributed by atoms with van der Waals surface area (Å²) in [6.07, 6.45) is 2.08. The highest BCUT2D eigenvalue weighted by Crippen LogP contribution is 2.34. The van der Waals surface area contributed by atoms with Crippen LogP contribution in [0.15, 0.2) is 0 Å². The number of ether oxygens (including phenoxy) is 1. The summed E-state index contributed by atoms with van der Waals surface area (Å²) in [7, 11) is 0. The van der Waals surface area contributed by atoms with Gasteiger partial charge >= 0.3 is 0 Å². The third kappa shape index (κ3) is 5.71. The van der Waals surface area contributed by atoms with E-state index >= 15 is 0 Å². The Balaban J connectivity index is 2.40. The zero-order valence-corrected chi connectivity index (χ0v) is 13.4. The number of likely N-dealkylation sites (N-methyl/N-ethyl adjacent to an activating group) is 1. The van der Waals surface area contributed by atoms with Crippen LogP contribution in [0.4, 0.5) is 0 Å². The molecule has 1 aliphatic rings. The van der Waals surface area contributed by atoms with Crippen molar-refractivity contribution in [3.05, 3.63) is 0 Å². The summed E-state index contributed by atoms with van der Waals surface area (Å²) in [6.45, 7) is 11.1. The molecule has 0 bridgehead atoms. The summed E-state index contributed by atoms with van der Waals surface area (Å²) in [5.41, 5.74) is 0. The standard InChI is InChI=1S/C14H28N2O2S/c1-4-16(5-2)11-13(17)15-12-14(19-6-3)7-9-18-10-8-14/h4-12H2,1-3H3,(H,15,17). The molecular weight excluding hydrogens is 260 g/mol. The molecule has 0 unspecified atom stereocenters. The van der Waals surface area contributed by atoms with Gasteiger partial charge in [0.1, 0.15) is 0 Å². The van der Waals surface area contributed by atoms with E-state index in [0.717, 1.165) is 51.4 Å². The van der Waals surface area contributed by atoms with Gasteiger partial charge in [-0.15, -0.1) is 0 Å². The quantitative estimate of drug-likeness (QED) is 0.739. The molecule has 0 radical (unpaired) electrons. The first-order chi connectivity index (χ1) is 9.15. The van der Waals surface area contributed by atoms with Gasteiger partial charge in [0.15, 0.2) is 0 Å². The minimum Gasteiger partial charge on any atom is -0.381 e. The first-order valence-corrected chi connectivity index (χ1v) is 8.35. The molecule has 0 spiro atoms. The van der Waals surface area contributed by atoms with E-state index in [1.165, 1.54) is 0 Å². The molecule has 4 nitrogen and oxygen atoms in total. The van der Waals surface area contributed by atoms with Crippen LogP contribution in [-0.4, -0.2) is 60.7 Å². The van der Waals surface area contributed by atoms with Crippen molar-refractivity contribution in [2.24, 2.45) is 0 Å². The molecule has 0 atom stereocenters. The second-order valence-electron chi connectivity index (χ2n) is 4.97. The van der Waals surface area contributed by atoms with E-state index in [9.17, 15) is 4.79 Å². The predicted octanol–water partition coefficient (Wildman–Crippen LogP) is 1.75. The lowest BCUT2D eigenvalue weighted by atomic mass is 9.99. The number of carbonyl (C=O) groups excluding carboxylic acids is 1. The number of amides is 1. The van der Waals surface area contributed by atoms with Crippen LogP contribution in [0.3, 0.4) is 0 Å². The summed E-state index contributed by atoms with van der Waals surface area (Å²) in [6, 6.07) is 0. The minimum absolute atomic E-state index is 0.145. The number of hydrogen-bond acceptors (Lipinski definition) is 4. The maximum absolute atomic E-state index is 12.0. The highest BCUT2D eigenvalue weighted by Gasteiger charge is 2.32. The van der Waals surface area contributed by atoms with Crippen molar-refractivity contribution in [3.63, 3.8) is 0 Å². The number of hydrogen-bond donors (Lipinski definition) is 1. The molecule has 0 saturated carbocycles. The Morgan fingerprint density at radius 3 is 2.42 bits per heavy atom. The summed E-state index contributed by atoms with van der Waals surface area (Å²) >= 11 is 1.96. The van der Waals surface area contributed by atoms with E-state index in [1.54, 1.807) is 0 Å². The van der Waals surface area contributed by atoms with Crippen LogP contribution < -0.4 is 5.32 Å². The van der Waals surface area contributed by atoms with Gasteiger partial charge in [0.2, 0.25) is 5.91 Å². The van der Waals surface area contributed by atoms with Gasteiger partial charge in [-0.2, -0.15) is 11.8 Å². The second-order valence-corrected chi connectivity index (χ2v) is 6.70. The fourth-order valence-corrected chi connectivity index (χ4v) is 3.63. The molecule has 1 aliphatic heterocycles. The van der Waals surface area contributed by atoms with E-state index in [4.69, 9.17) is 4.74 Å². The smallest absolute Gasteiger partial charge is 0.234 e. The first-order valence-electron chi connectivity index (χ1n) is 7.36. The van der Waals surface area contributed by atoms with E-state index in [-0.39, 0.29) is 10.7 Å². The second kappa shape index (κ2) is 8.82. The topological polar surface area (TPSA) is 41.6 Å². The fraction of sp³-hybridized carbons (Fsp3) is 0.929. The molecule has 0 aromatic rings. The SMILES string of the molecule is CCSC1(CNC(=O)CN(CC)CC)CCOCC1. The Hall–Kier alpha value is -0.260. The highest BCUT2D eigenvalue weighted by molar-refractivity contribution is 8.00. The molecule has 0 aromatic carbocycles. The van der Waals surface area contributed by atoms with E-state index in [2.05, 4.69) is 31.0 Å². The first kappa shape index (κ1) is 16.8. The molecule has 1 N–H and O–H groups in total. The van der Waals surface area contributed by atoms with Gasteiger partial charge in [0, 0.05) is 24.5 Å². The average Bonchev–Trinajstić information content (AvgIpc) is 2.44. The van der Waals surface area contributed by atoms with Gasteiger partial charge in [-0.3, -0.25) is 9.69 Å². The zero-order chi connectivity index (χ0) is 14.1. The van der Waals surface area contributed by atoms with Gasteiger partial charge in [-0.1, -0.05) is 20.8 Å². The predicted molar refractivity (Wildman–Crippen MR) is 81.7 cm³/mol. The Morgan fingerprint density at radius 1 is 1.26 bits per heavy atom. The Bertz CT molecular complexity index is 259. The molecule has 5 heteroatoms. The van der Waals surface area contributed by atoms with Crippen molar-refractivity contribution >= 4 is 17.7 Å². The molecule has 1 rings (SSSR count). The van der Waals surface area contributed by atoms with Crippen LogP contribution in [0.1, 0.15) is 33.6 Å². The van der Waals surface area contributed by atoms with Gasteiger partial charge in [-0.25, -0.2) is 0 Å². The van der Waals surface area contributed by atoms with Crippen molar-refractivity contribution in [3.8, 4) is 0 Å². The van der Waals surface area contributed by atoms with Crippen molar-refractivity contribution in [1.82, 2.24) is 10.2 Å². The number of nitrogens with one attached hydrogen (secondary N) is 1. The average molecular weight is 288 g/mol. The summed E-state index contributed by atoms with van der Waals surface area (Å²) in [5.74, 6) is 1.23. The van der Waals surface area contributed by atoms with Crippen molar-refractivity contribution in [2.75, 3.05) is 45.1 Å². The maximum Gasteiger partial charge on any atom is 0.234 e. The summed E-state index contributed by atoms with van der Waals surface area (Å²) < 4.78 is 5.63. The third-order valence-corrected chi connectivity index (χ3v) is 5.18. The van der Waals surface area contributed by atoms with Gasteiger partial charge in [-0.05, 0) is 31.7 Å². The third-order valence-electron chi connectivity index (χ3n) is 3.72. The molecule has 19 heavy (non-hydrogen) atoms. The number of thioether (sulfide) groups is 1. The lowest BCUT2D eigenvalue weighted by Gasteiger charge is -2.36. The van der Waals surface area contributed by atoms with Crippen LogP contribution in [-0.2, 0) is 9.53 Å². The zero-order valence-electron chi connectivity index (χ0n) is 12.5. The monoisotopic (exact) mass is 288 g/mol. The lowest BCUT2D eigenvalue weighted by molar-refractivity contribution is -0.122. The molecule has 0 aliphatic carbocycles. The molecule has 1 amide bonds. The highest BCUT2D eigenvalue weighted by atomic mass is 32.2. The van der Waals surface area contributed by atoms with Crippen molar-refractivity contribution < 1.29 is 9.53 Å². The normalized spacial score (nSPS) is 18.5. The lowest BCUT2D eigenvalue weighted by Crippen LogP contribution is -2.47. The molecule has 112 valence electrons. The molecule has 0 aromatic heterocycles. The number of nitrogens with zero attached hydrogens (tertiary/aromatic N) is 1. The molecular formula is C14H28N2O2S. The Labute approximate surface area is 121 Å². The minimum atomic E-state index is 0.145.